The molecule has 0 aliphatic heterocycles. The Kier molecular flexibility index (Phi) is 6.60. The number of nitrogens with one attached hydrogen (secondary N) is 1. The average Bonchev–Trinajstić information content (AvgIpc) is 2.72. The van der Waals surface area contributed by atoms with Gasteiger partial charge in [0.1, 0.15) is 11.9 Å². The Morgan fingerprint density at radius 3 is 2.59 bits per heavy atom. The van der Waals surface area contributed by atoms with Crippen LogP contribution < -0.4 is 15.0 Å². The van der Waals surface area contributed by atoms with Crippen LogP contribution in [0.4, 0.5) is 5.82 Å². The number of para-hydroxylation sites is 1. The zero-order chi connectivity index (χ0) is 23.5. The van der Waals surface area contributed by atoms with Gasteiger partial charge in [0.15, 0.2) is 5.75 Å². The summed E-state index contributed by atoms with van der Waals surface area (Å²) in [6.45, 7) is 5.22. The summed E-state index contributed by atoms with van der Waals surface area (Å²) in [5, 5.41) is 9.41. The van der Waals surface area contributed by atoms with Gasteiger partial charge in [-0.3, -0.25) is 9.52 Å². The first-order valence-electron chi connectivity index (χ1n) is 9.88. The summed E-state index contributed by atoms with van der Waals surface area (Å²) in [5.41, 5.74) is 2.29. The second kappa shape index (κ2) is 9.20. The number of hydrogen-bond donors (Lipinski definition) is 1. The van der Waals surface area contributed by atoms with Crippen molar-refractivity contribution in [2.45, 2.75) is 27.2 Å². The minimum atomic E-state index is -3.62. The van der Waals surface area contributed by atoms with E-state index in [4.69, 9.17) is 4.74 Å². The highest BCUT2D eigenvalue weighted by atomic mass is 32.2. The van der Waals surface area contributed by atoms with E-state index in [2.05, 4.69) is 20.8 Å². The first-order chi connectivity index (χ1) is 15.1. The van der Waals surface area contributed by atoms with Gasteiger partial charge < -0.3 is 9.30 Å². The van der Waals surface area contributed by atoms with E-state index in [9.17, 15) is 18.5 Å². The molecule has 0 saturated heterocycles. The molecule has 32 heavy (non-hydrogen) atoms. The zero-order valence-corrected chi connectivity index (χ0v) is 19.0. The van der Waals surface area contributed by atoms with Crippen molar-refractivity contribution in [1.82, 2.24) is 14.5 Å². The normalized spacial score (nSPS) is 11.1. The Morgan fingerprint density at radius 1 is 1.19 bits per heavy atom. The van der Waals surface area contributed by atoms with Crippen molar-refractivity contribution in [3.63, 3.8) is 0 Å². The van der Waals surface area contributed by atoms with Gasteiger partial charge in [0, 0.05) is 30.4 Å². The number of benzene rings is 1. The molecule has 0 spiro atoms. The predicted molar refractivity (Wildman–Crippen MR) is 121 cm³/mol. The maximum absolute atomic E-state index is 12.3. The molecule has 0 aliphatic carbocycles. The first kappa shape index (κ1) is 23.0. The first-order valence-corrected chi connectivity index (χ1v) is 11.5. The molecule has 9 nitrogen and oxygen atoms in total. The summed E-state index contributed by atoms with van der Waals surface area (Å²) in [4.78, 5) is 20.7. The van der Waals surface area contributed by atoms with E-state index in [1.165, 1.54) is 10.6 Å². The monoisotopic (exact) mass is 453 g/mol. The number of pyridine rings is 1. The molecule has 0 radical (unpaired) electrons. The zero-order valence-electron chi connectivity index (χ0n) is 18.2. The fraction of sp³-hybridized carbons (Fsp3) is 0.273. The smallest absolute Gasteiger partial charge is 0.324 e. The second-order valence-corrected chi connectivity index (χ2v) is 9.18. The van der Waals surface area contributed by atoms with Crippen molar-refractivity contribution in [2.75, 3.05) is 10.5 Å². The van der Waals surface area contributed by atoms with Crippen molar-refractivity contribution < 1.29 is 13.2 Å². The van der Waals surface area contributed by atoms with Crippen LogP contribution in [-0.2, 0) is 17.1 Å². The van der Waals surface area contributed by atoms with Crippen LogP contribution in [0.25, 0.3) is 11.3 Å². The fourth-order valence-corrected chi connectivity index (χ4v) is 4.20. The molecule has 0 aliphatic rings. The van der Waals surface area contributed by atoms with E-state index < -0.39 is 10.0 Å². The van der Waals surface area contributed by atoms with Crippen LogP contribution in [0, 0.1) is 25.2 Å². The molecule has 0 saturated carbocycles. The number of anilines is 1. The number of aryl methyl sites for hydroxylation is 3. The summed E-state index contributed by atoms with van der Waals surface area (Å²) in [7, 11) is -2.00. The second-order valence-electron chi connectivity index (χ2n) is 7.34. The van der Waals surface area contributed by atoms with Crippen molar-refractivity contribution in [2.24, 2.45) is 7.05 Å². The average molecular weight is 454 g/mol. The van der Waals surface area contributed by atoms with Crippen molar-refractivity contribution in [3.05, 3.63) is 63.6 Å². The summed E-state index contributed by atoms with van der Waals surface area (Å²) in [6.07, 6.45) is 2.03. The van der Waals surface area contributed by atoms with Crippen LogP contribution in [0.5, 0.6) is 11.8 Å². The maximum atomic E-state index is 12.3. The van der Waals surface area contributed by atoms with Gasteiger partial charge in [0.05, 0.1) is 17.0 Å². The summed E-state index contributed by atoms with van der Waals surface area (Å²) < 4.78 is 34.4. The quantitative estimate of drug-likeness (QED) is 0.581. The Bertz CT molecular complexity index is 1350. The number of sulfonamides is 1. The molecule has 0 bridgehead atoms. The van der Waals surface area contributed by atoms with Crippen LogP contribution in [0.15, 0.2) is 41.3 Å². The SMILES string of the molecule is CCCS(=O)(=O)Nc1cc(-c2cc(C)c(=O)n(C)c2)nc(Oc2c(C)cccc2C#N)n1. The van der Waals surface area contributed by atoms with Gasteiger partial charge in [0.25, 0.3) is 5.56 Å². The molecule has 10 heteroatoms. The lowest BCUT2D eigenvalue weighted by Gasteiger charge is -2.13. The molecule has 1 aromatic carbocycles. The summed E-state index contributed by atoms with van der Waals surface area (Å²) in [6, 6.07) is 10.2. The third-order valence-electron chi connectivity index (χ3n) is 4.62. The molecule has 0 fully saturated rings. The number of rotatable bonds is 7. The van der Waals surface area contributed by atoms with E-state index in [1.54, 1.807) is 58.3 Å². The van der Waals surface area contributed by atoms with Crippen LogP contribution in [0.2, 0.25) is 0 Å². The molecule has 0 atom stereocenters. The molecule has 166 valence electrons. The Labute approximate surface area is 186 Å². The highest BCUT2D eigenvalue weighted by Gasteiger charge is 2.17. The van der Waals surface area contributed by atoms with Crippen molar-refractivity contribution in [3.8, 4) is 29.1 Å². The topological polar surface area (TPSA) is 127 Å². The minimum absolute atomic E-state index is 0.0250. The highest BCUT2D eigenvalue weighted by molar-refractivity contribution is 7.92. The molecule has 0 amide bonds. The maximum Gasteiger partial charge on any atom is 0.324 e. The van der Waals surface area contributed by atoms with Gasteiger partial charge in [-0.1, -0.05) is 19.1 Å². The van der Waals surface area contributed by atoms with E-state index in [0.717, 1.165) is 0 Å². The third kappa shape index (κ3) is 5.12. The lowest BCUT2D eigenvalue weighted by molar-refractivity contribution is 0.439. The van der Waals surface area contributed by atoms with Crippen LogP contribution >= 0.6 is 0 Å². The van der Waals surface area contributed by atoms with Gasteiger partial charge in [-0.15, -0.1) is 0 Å². The standard InChI is InChI=1S/C22H23N5O4S/c1-5-9-32(29,30)26-19-11-18(17-10-15(3)21(28)27(4)13-17)24-22(25-19)31-20-14(2)7-6-8-16(20)12-23/h6-8,10-11,13H,5,9H2,1-4H3,(H,24,25,26). The van der Waals surface area contributed by atoms with Gasteiger partial charge >= 0.3 is 6.01 Å². The molecule has 1 N–H and O–H groups in total. The van der Waals surface area contributed by atoms with Gasteiger partial charge in [-0.05, 0) is 38.0 Å². The largest absolute Gasteiger partial charge is 0.423 e. The van der Waals surface area contributed by atoms with Crippen molar-refractivity contribution in [1.29, 1.82) is 5.26 Å². The summed E-state index contributed by atoms with van der Waals surface area (Å²) in [5.74, 6) is 0.237. The number of aromatic nitrogens is 3. The van der Waals surface area contributed by atoms with E-state index in [0.29, 0.717) is 34.4 Å². The van der Waals surface area contributed by atoms with E-state index >= 15 is 0 Å². The lowest BCUT2D eigenvalue weighted by Crippen LogP contribution is -2.19. The predicted octanol–water partition coefficient (Wildman–Crippen LogP) is 3.27. The number of ether oxygens (including phenoxy) is 1. The summed E-state index contributed by atoms with van der Waals surface area (Å²) >= 11 is 0. The lowest BCUT2D eigenvalue weighted by atomic mass is 10.1. The molecule has 0 unspecified atom stereocenters. The van der Waals surface area contributed by atoms with Gasteiger partial charge in [-0.25, -0.2) is 8.42 Å². The third-order valence-corrected chi connectivity index (χ3v) is 6.09. The Balaban J connectivity index is 2.15. The van der Waals surface area contributed by atoms with Crippen LogP contribution in [0.1, 0.15) is 30.0 Å². The highest BCUT2D eigenvalue weighted by Crippen LogP contribution is 2.29. The van der Waals surface area contributed by atoms with E-state index in [1.807, 2.05) is 0 Å². The number of nitrogens with zero attached hydrogens (tertiary/aromatic N) is 4. The van der Waals surface area contributed by atoms with Gasteiger partial charge in [0.2, 0.25) is 10.0 Å². The van der Waals surface area contributed by atoms with Crippen LogP contribution in [-0.4, -0.2) is 28.7 Å². The molecule has 2 aromatic heterocycles. The molecule has 3 aromatic rings. The fourth-order valence-electron chi connectivity index (χ4n) is 3.14. The molecule has 2 heterocycles. The Hall–Kier alpha value is -3.71. The van der Waals surface area contributed by atoms with Crippen molar-refractivity contribution >= 4 is 15.8 Å². The minimum Gasteiger partial charge on any atom is -0.423 e. The van der Waals surface area contributed by atoms with E-state index in [-0.39, 0.29) is 28.9 Å². The number of hydrogen-bond acceptors (Lipinski definition) is 7. The molecular formula is C22H23N5O4S. The van der Waals surface area contributed by atoms with Crippen LogP contribution in [0.3, 0.4) is 0 Å². The number of nitriles is 1. The molecular weight excluding hydrogens is 430 g/mol. The molecule has 3 rings (SSSR count). The van der Waals surface area contributed by atoms with Gasteiger partial charge in [-0.2, -0.15) is 15.2 Å². The Morgan fingerprint density at radius 2 is 1.94 bits per heavy atom.